The number of benzene rings is 1. The molecule has 3 nitrogen and oxygen atoms in total. The quantitative estimate of drug-likeness (QED) is 0.534. The molecule has 0 aliphatic heterocycles. The van der Waals surface area contributed by atoms with Crippen LogP contribution in [0.2, 0.25) is 0 Å². The highest BCUT2D eigenvalue weighted by Crippen LogP contribution is 2.15. The normalized spacial score (nSPS) is 9.64. The Labute approximate surface area is 80.5 Å². The Bertz CT molecular complexity index is 385. The minimum absolute atomic E-state index is 0.0417. The molecule has 1 aromatic carbocycles. The summed E-state index contributed by atoms with van der Waals surface area (Å²) >= 11 is 0. The van der Waals surface area contributed by atoms with Crippen molar-refractivity contribution < 1.29 is 18.7 Å². The summed E-state index contributed by atoms with van der Waals surface area (Å²) in [5.41, 5.74) is 0.260. The van der Waals surface area contributed by atoms with E-state index in [0.29, 0.717) is 11.8 Å². The second-order valence-electron chi connectivity index (χ2n) is 2.82. The molecule has 0 saturated carbocycles. The Kier molecular flexibility index (Phi) is 2.96. The van der Waals surface area contributed by atoms with Crippen molar-refractivity contribution in [2.75, 3.05) is 7.11 Å². The predicted octanol–water partition coefficient (Wildman–Crippen LogP) is 1.73. The van der Waals surface area contributed by atoms with Gasteiger partial charge < -0.3 is 4.74 Å². The molecule has 1 rings (SSSR count). The first kappa shape index (κ1) is 10.4. The fourth-order valence-corrected chi connectivity index (χ4v) is 1.15. The molecule has 74 valence electrons. The molecule has 0 unspecified atom stereocenters. The number of hydrogen-bond acceptors (Lipinski definition) is 3. The lowest BCUT2D eigenvalue weighted by molar-refractivity contribution is 0.0597. The Morgan fingerprint density at radius 1 is 1.50 bits per heavy atom. The maximum Gasteiger partial charge on any atom is 0.338 e. The molecule has 0 radical (unpaired) electrons. The van der Waals surface area contributed by atoms with Crippen LogP contribution in [-0.4, -0.2) is 19.4 Å². The van der Waals surface area contributed by atoms with Crippen LogP contribution in [0.25, 0.3) is 0 Å². The van der Waals surface area contributed by atoms with Crippen molar-refractivity contribution >= 4 is 12.3 Å². The fraction of sp³-hybridized carbons (Fsp3) is 0.200. The van der Waals surface area contributed by atoms with E-state index < -0.39 is 11.8 Å². The number of aldehydes is 1. The second kappa shape index (κ2) is 4.00. The van der Waals surface area contributed by atoms with E-state index in [9.17, 15) is 14.0 Å². The van der Waals surface area contributed by atoms with Crippen LogP contribution >= 0.6 is 0 Å². The molecule has 0 N–H and O–H groups in total. The van der Waals surface area contributed by atoms with Gasteiger partial charge in [-0.1, -0.05) is 0 Å². The largest absolute Gasteiger partial charge is 0.465 e. The van der Waals surface area contributed by atoms with Crippen molar-refractivity contribution in [2.24, 2.45) is 0 Å². The molecule has 0 aromatic heterocycles. The number of ether oxygens (including phenoxy) is 1. The molecule has 1 aromatic rings. The SMILES string of the molecule is COC(=O)c1cc(C)cc(F)c1C=O. The summed E-state index contributed by atoms with van der Waals surface area (Å²) in [5, 5.41) is 0. The van der Waals surface area contributed by atoms with E-state index in [4.69, 9.17) is 0 Å². The molecular formula is C10H9FO3. The molecule has 0 amide bonds. The van der Waals surface area contributed by atoms with Gasteiger partial charge in [0.15, 0.2) is 6.29 Å². The summed E-state index contributed by atoms with van der Waals surface area (Å²) in [5.74, 6) is -1.42. The van der Waals surface area contributed by atoms with Crippen LogP contribution < -0.4 is 0 Å². The van der Waals surface area contributed by atoms with Crippen LogP contribution in [-0.2, 0) is 4.74 Å². The van der Waals surface area contributed by atoms with Gasteiger partial charge in [-0.3, -0.25) is 4.79 Å². The highest BCUT2D eigenvalue weighted by atomic mass is 19.1. The lowest BCUT2D eigenvalue weighted by atomic mass is 10.0. The van der Waals surface area contributed by atoms with Crippen LogP contribution in [0.3, 0.4) is 0 Å². The van der Waals surface area contributed by atoms with Gasteiger partial charge in [0.05, 0.1) is 18.2 Å². The van der Waals surface area contributed by atoms with Gasteiger partial charge in [-0.15, -0.1) is 0 Å². The zero-order valence-electron chi connectivity index (χ0n) is 7.83. The van der Waals surface area contributed by atoms with E-state index in [1.54, 1.807) is 6.92 Å². The summed E-state index contributed by atoms with van der Waals surface area (Å²) in [6.45, 7) is 1.63. The minimum Gasteiger partial charge on any atom is -0.465 e. The van der Waals surface area contributed by atoms with Crippen molar-refractivity contribution in [1.29, 1.82) is 0 Å². The number of esters is 1. The highest BCUT2D eigenvalue weighted by molar-refractivity contribution is 5.98. The van der Waals surface area contributed by atoms with Gasteiger partial charge in [-0.05, 0) is 24.6 Å². The van der Waals surface area contributed by atoms with Gasteiger partial charge in [0.2, 0.25) is 0 Å². The van der Waals surface area contributed by atoms with E-state index >= 15 is 0 Å². The zero-order valence-corrected chi connectivity index (χ0v) is 7.83. The van der Waals surface area contributed by atoms with Crippen molar-refractivity contribution in [2.45, 2.75) is 6.92 Å². The monoisotopic (exact) mass is 196 g/mol. The fourth-order valence-electron chi connectivity index (χ4n) is 1.15. The number of halogens is 1. The van der Waals surface area contributed by atoms with Gasteiger partial charge in [0, 0.05) is 0 Å². The van der Waals surface area contributed by atoms with E-state index in [2.05, 4.69) is 4.74 Å². The standard InChI is InChI=1S/C10H9FO3/c1-6-3-7(10(13)14-2)8(5-12)9(11)4-6/h3-5H,1-2H3. The molecule has 0 aliphatic rings. The first-order chi connectivity index (χ1) is 6.60. The predicted molar refractivity (Wildman–Crippen MR) is 47.9 cm³/mol. The second-order valence-corrected chi connectivity index (χ2v) is 2.82. The molecular weight excluding hydrogens is 187 g/mol. The summed E-state index contributed by atoms with van der Waals surface area (Å²) in [7, 11) is 1.18. The summed E-state index contributed by atoms with van der Waals surface area (Å²) < 4.78 is 17.6. The Morgan fingerprint density at radius 3 is 2.64 bits per heavy atom. The maximum atomic E-state index is 13.2. The smallest absolute Gasteiger partial charge is 0.338 e. The van der Waals surface area contributed by atoms with Gasteiger partial charge in [-0.2, -0.15) is 0 Å². The number of hydrogen-bond donors (Lipinski definition) is 0. The molecule has 0 bridgehead atoms. The minimum atomic E-state index is -0.713. The number of carbonyl (C=O) groups excluding carboxylic acids is 2. The summed E-state index contributed by atoms with van der Waals surface area (Å²) in [6.07, 6.45) is 0.307. The third-order valence-corrected chi connectivity index (χ3v) is 1.80. The van der Waals surface area contributed by atoms with Gasteiger partial charge in [0.25, 0.3) is 0 Å². The van der Waals surface area contributed by atoms with Crippen LogP contribution in [0, 0.1) is 12.7 Å². The average Bonchev–Trinajstić information content (AvgIpc) is 2.15. The molecule has 14 heavy (non-hydrogen) atoms. The number of methoxy groups -OCH3 is 1. The van der Waals surface area contributed by atoms with E-state index in [1.165, 1.54) is 19.2 Å². The van der Waals surface area contributed by atoms with Gasteiger partial charge in [0.1, 0.15) is 5.82 Å². The third-order valence-electron chi connectivity index (χ3n) is 1.80. The van der Waals surface area contributed by atoms with Gasteiger partial charge in [-0.25, -0.2) is 9.18 Å². The van der Waals surface area contributed by atoms with Crippen molar-refractivity contribution in [3.63, 3.8) is 0 Å². The van der Waals surface area contributed by atoms with Crippen LogP contribution in [0.15, 0.2) is 12.1 Å². The van der Waals surface area contributed by atoms with E-state index in [0.717, 1.165) is 0 Å². The van der Waals surface area contributed by atoms with Crippen molar-refractivity contribution in [3.05, 3.63) is 34.6 Å². The first-order valence-corrected chi connectivity index (χ1v) is 3.93. The van der Waals surface area contributed by atoms with Crippen molar-refractivity contribution in [1.82, 2.24) is 0 Å². The maximum absolute atomic E-state index is 13.2. The molecule has 4 heteroatoms. The van der Waals surface area contributed by atoms with Gasteiger partial charge >= 0.3 is 5.97 Å². The topological polar surface area (TPSA) is 43.4 Å². The average molecular weight is 196 g/mol. The van der Waals surface area contributed by atoms with Crippen LogP contribution in [0.1, 0.15) is 26.3 Å². The lowest BCUT2D eigenvalue weighted by Gasteiger charge is -2.04. The molecule has 0 aliphatic carbocycles. The number of aryl methyl sites for hydroxylation is 1. The summed E-state index contributed by atoms with van der Waals surface area (Å²) in [4.78, 5) is 21.7. The molecule has 0 fully saturated rings. The van der Waals surface area contributed by atoms with Crippen molar-refractivity contribution in [3.8, 4) is 0 Å². The number of rotatable bonds is 2. The molecule has 0 saturated heterocycles. The van der Waals surface area contributed by atoms with Crippen LogP contribution in [0.5, 0.6) is 0 Å². The molecule has 0 spiro atoms. The third kappa shape index (κ3) is 1.79. The Balaban J connectivity index is 3.39. The zero-order chi connectivity index (χ0) is 10.7. The molecule has 0 atom stereocenters. The lowest BCUT2D eigenvalue weighted by Crippen LogP contribution is -2.07. The van der Waals surface area contributed by atoms with Crippen LogP contribution in [0.4, 0.5) is 4.39 Å². The Hall–Kier alpha value is -1.71. The first-order valence-electron chi connectivity index (χ1n) is 3.93. The number of carbonyl (C=O) groups is 2. The molecule has 0 heterocycles. The highest BCUT2D eigenvalue weighted by Gasteiger charge is 2.15. The summed E-state index contributed by atoms with van der Waals surface area (Å²) in [6, 6.07) is 2.61. The Morgan fingerprint density at radius 2 is 2.14 bits per heavy atom. The van der Waals surface area contributed by atoms with E-state index in [1.807, 2.05) is 0 Å². The van der Waals surface area contributed by atoms with E-state index in [-0.39, 0.29) is 11.1 Å².